The molecule has 8 heteroatoms. The van der Waals surface area contributed by atoms with Gasteiger partial charge < -0.3 is 25.0 Å². The molecule has 2 heterocycles. The van der Waals surface area contributed by atoms with Crippen LogP contribution in [0.1, 0.15) is 31.0 Å². The minimum atomic E-state index is -0.428. The van der Waals surface area contributed by atoms with Crippen LogP contribution in [0.3, 0.4) is 0 Å². The molecule has 0 spiro atoms. The maximum atomic E-state index is 13.2. The molecule has 1 saturated heterocycles. The number of hydrogen-bond acceptors (Lipinski definition) is 5. The van der Waals surface area contributed by atoms with Crippen LogP contribution >= 0.6 is 0 Å². The Balaban J connectivity index is 1.86. The molecule has 166 valence electrons. The van der Waals surface area contributed by atoms with Gasteiger partial charge in [0.25, 0.3) is 0 Å². The van der Waals surface area contributed by atoms with Crippen LogP contribution in [0.25, 0.3) is 0 Å². The van der Waals surface area contributed by atoms with E-state index in [1.54, 1.807) is 25.3 Å². The molecule has 1 aromatic carbocycles. The van der Waals surface area contributed by atoms with E-state index in [9.17, 15) is 9.59 Å². The van der Waals surface area contributed by atoms with E-state index in [2.05, 4.69) is 15.6 Å². The van der Waals surface area contributed by atoms with Crippen molar-refractivity contribution in [2.45, 2.75) is 32.4 Å². The van der Waals surface area contributed by atoms with Gasteiger partial charge in [-0.15, -0.1) is 0 Å². The van der Waals surface area contributed by atoms with Crippen molar-refractivity contribution in [1.82, 2.24) is 20.5 Å². The number of amides is 3. The third-order valence-corrected chi connectivity index (χ3v) is 5.36. The smallest absolute Gasteiger partial charge is 0.317 e. The summed E-state index contributed by atoms with van der Waals surface area (Å²) in [6, 6.07) is 11.0. The highest BCUT2D eigenvalue weighted by Crippen LogP contribution is 2.42. The number of carbonyl (C=O) groups is 2. The molecule has 1 fully saturated rings. The standard InChI is InChI=1S/C23H30N4O4/c1-15(2)26-23(29)27-13-18(17-9-7-10-20(30-3)21(17)31-4)19(14-27)22(28)25-12-16-8-5-6-11-24-16/h5-11,15,18-19H,12-14H2,1-4H3,(H,25,28)(H,26,29)/t18-,19-/m0/s1. The summed E-state index contributed by atoms with van der Waals surface area (Å²) < 4.78 is 11.0. The summed E-state index contributed by atoms with van der Waals surface area (Å²) in [7, 11) is 3.16. The summed E-state index contributed by atoms with van der Waals surface area (Å²) in [4.78, 5) is 31.8. The largest absolute Gasteiger partial charge is 0.493 e. The molecule has 3 rings (SSSR count). The zero-order valence-electron chi connectivity index (χ0n) is 18.4. The molecule has 2 atom stereocenters. The Labute approximate surface area is 182 Å². The summed E-state index contributed by atoms with van der Waals surface area (Å²) in [5, 5.41) is 5.89. The van der Waals surface area contributed by atoms with Gasteiger partial charge in [0, 0.05) is 36.8 Å². The van der Waals surface area contributed by atoms with Crippen LogP contribution in [-0.2, 0) is 11.3 Å². The summed E-state index contributed by atoms with van der Waals surface area (Å²) in [5.41, 5.74) is 1.62. The second kappa shape index (κ2) is 10.1. The highest BCUT2D eigenvalue weighted by Gasteiger charge is 2.42. The second-order valence-electron chi connectivity index (χ2n) is 7.84. The first kappa shape index (κ1) is 22.4. The molecule has 0 unspecified atom stereocenters. The Morgan fingerprint density at radius 1 is 1.13 bits per heavy atom. The summed E-state index contributed by atoms with van der Waals surface area (Å²) >= 11 is 0. The molecule has 1 aliphatic heterocycles. The van der Waals surface area contributed by atoms with Gasteiger partial charge in [-0.2, -0.15) is 0 Å². The number of pyridine rings is 1. The lowest BCUT2D eigenvalue weighted by Crippen LogP contribution is -2.42. The van der Waals surface area contributed by atoms with Crippen LogP contribution in [0, 0.1) is 5.92 Å². The fourth-order valence-corrected chi connectivity index (χ4v) is 3.90. The van der Waals surface area contributed by atoms with Crippen molar-refractivity contribution in [1.29, 1.82) is 0 Å². The first-order chi connectivity index (χ1) is 14.9. The summed E-state index contributed by atoms with van der Waals surface area (Å²) in [5.74, 6) is 0.399. The molecule has 3 amide bonds. The minimum Gasteiger partial charge on any atom is -0.493 e. The highest BCUT2D eigenvalue weighted by molar-refractivity contribution is 5.83. The number of nitrogens with zero attached hydrogens (tertiary/aromatic N) is 2. The summed E-state index contributed by atoms with van der Waals surface area (Å²) in [6.07, 6.45) is 1.69. The van der Waals surface area contributed by atoms with Gasteiger partial charge in [-0.3, -0.25) is 9.78 Å². The number of rotatable bonds is 7. The molecule has 1 aromatic heterocycles. The van der Waals surface area contributed by atoms with E-state index in [-0.39, 0.29) is 23.9 Å². The molecule has 2 aromatic rings. The van der Waals surface area contributed by atoms with Crippen molar-refractivity contribution in [3.8, 4) is 11.5 Å². The van der Waals surface area contributed by atoms with Crippen molar-refractivity contribution in [2.75, 3.05) is 27.3 Å². The van der Waals surface area contributed by atoms with Crippen LogP contribution in [0.15, 0.2) is 42.6 Å². The topological polar surface area (TPSA) is 92.8 Å². The third kappa shape index (κ3) is 5.25. The number of benzene rings is 1. The highest BCUT2D eigenvalue weighted by atomic mass is 16.5. The molecular formula is C23H30N4O4. The van der Waals surface area contributed by atoms with Crippen LogP contribution in [0.4, 0.5) is 4.79 Å². The van der Waals surface area contributed by atoms with E-state index < -0.39 is 5.92 Å². The lowest BCUT2D eigenvalue weighted by atomic mass is 9.87. The Kier molecular flexibility index (Phi) is 7.33. The van der Waals surface area contributed by atoms with Crippen LogP contribution < -0.4 is 20.1 Å². The predicted molar refractivity (Wildman–Crippen MR) is 117 cm³/mol. The monoisotopic (exact) mass is 426 g/mol. The molecule has 0 saturated carbocycles. The van der Waals surface area contributed by atoms with E-state index in [1.165, 1.54) is 0 Å². The van der Waals surface area contributed by atoms with E-state index in [4.69, 9.17) is 9.47 Å². The molecule has 31 heavy (non-hydrogen) atoms. The van der Waals surface area contributed by atoms with Crippen molar-refractivity contribution < 1.29 is 19.1 Å². The Morgan fingerprint density at radius 2 is 1.94 bits per heavy atom. The quantitative estimate of drug-likeness (QED) is 0.710. The van der Waals surface area contributed by atoms with E-state index in [0.717, 1.165) is 11.3 Å². The second-order valence-corrected chi connectivity index (χ2v) is 7.84. The zero-order chi connectivity index (χ0) is 22.4. The van der Waals surface area contributed by atoms with E-state index in [1.807, 2.05) is 50.2 Å². The number of likely N-dealkylation sites (tertiary alicyclic amines) is 1. The van der Waals surface area contributed by atoms with Crippen LogP contribution in [0.2, 0.25) is 0 Å². The molecule has 0 radical (unpaired) electrons. The van der Waals surface area contributed by atoms with Gasteiger partial charge in [0.05, 0.1) is 32.4 Å². The molecule has 2 N–H and O–H groups in total. The number of hydrogen-bond donors (Lipinski definition) is 2. The van der Waals surface area contributed by atoms with Gasteiger partial charge in [0.2, 0.25) is 5.91 Å². The number of methoxy groups -OCH3 is 2. The average molecular weight is 427 g/mol. The van der Waals surface area contributed by atoms with Crippen molar-refractivity contribution in [3.05, 3.63) is 53.9 Å². The van der Waals surface area contributed by atoms with Gasteiger partial charge >= 0.3 is 6.03 Å². The molecule has 1 aliphatic rings. The fourth-order valence-electron chi connectivity index (χ4n) is 3.90. The number of urea groups is 1. The average Bonchev–Trinajstić information content (AvgIpc) is 3.22. The van der Waals surface area contributed by atoms with Gasteiger partial charge in [0.15, 0.2) is 11.5 Å². The maximum absolute atomic E-state index is 13.2. The minimum absolute atomic E-state index is 0.00865. The maximum Gasteiger partial charge on any atom is 0.317 e. The molecule has 8 nitrogen and oxygen atoms in total. The van der Waals surface area contributed by atoms with Crippen LogP contribution in [0.5, 0.6) is 11.5 Å². The molecule has 0 bridgehead atoms. The number of para-hydroxylation sites is 1. The van der Waals surface area contributed by atoms with Crippen molar-refractivity contribution in [3.63, 3.8) is 0 Å². The van der Waals surface area contributed by atoms with E-state index in [0.29, 0.717) is 31.1 Å². The predicted octanol–water partition coefficient (Wildman–Crippen LogP) is 2.55. The van der Waals surface area contributed by atoms with Gasteiger partial charge in [-0.25, -0.2) is 4.79 Å². The van der Waals surface area contributed by atoms with Gasteiger partial charge in [-0.1, -0.05) is 18.2 Å². The normalized spacial score (nSPS) is 18.0. The number of nitrogens with one attached hydrogen (secondary N) is 2. The third-order valence-electron chi connectivity index (χ3n) is 5.36. The molecule has 0 aliphatic carbocycles. The lowest BCUT2D eigenvalue weighted by molar-refractivity contribution is -0.125. The first-order valence-electron chi connectivity index (χ1n) is 10.4. The van der Waals surface area contributed by atoms with Crippen LogP contribution in [-0.4, -0.2) is 55.2 Å². The zero-order valence-corrected chi connectivity index (χ0v) is 18.4. The lowest BCUT2D eigenvalue weighted by Gasteiger charge is -2.21. The van der Waals surface area contributed by atoms with Gasteiger partial charge in [0.1, 0.15) is 0 Å². The van der Waals surface area contributed by atoms with E-state index >= 15 is 0 Å². The van der Waals surface area contributed by atoms with Crippen molar-refractivity contribution >= 4 is 11.9 Å². The SMILES string of the molecule is COc1cccc([C@@H]2CN(C(=O)NC(C)C)C[C@@H]2C(=O)NCc2ccccn2)c1OC. The Hall–Kier alpha value is -3.29. The number of aromatic nitrogens is 1. The fraction of sp³-hybridized carbons (Fsp3) is 0.435. The summed E-state index contributed by atoms with van der Waals surface area (Å²) in [6.45, 7) is 4.87. The first-order valence-corrected chi connectivity index (χ1v) is 10.4. The Morgan fingerprint density at radius 3 is 2.58 bits per heavy atom. The molecular weight excluding hydrogens is 396 g/mol. The van der Waals surface area contributed by atoms with Gasteiger partial charge in [-0.05, 0) is 32.0 Å². The van der Waals surface area contributed by atoms with Crippen molar-refractivity contribution in [2.24, 2.45) is 5.92 Å². The number of carbonyl (C=O) groups excluding carboxylic acids is 2. The Bertz CT molecular complexity index is 904. The number of ether oxygens (including phenoxy) is 2.